The molecule has 6 heteroatoms. The second kappa shape index (κ2) is 7.83. The third-order valence-corrected chi connectivity index (χ3v) is 4.78. The van der Waals surface area contributed by atoms with E-state index in [9.17, 15) is 0 Å². The molecule has 12 heavy (non-hydrogen) atoms. The Morgan fingerprint density at radius 1 is 1.25 bits per heavy atom. The van der Waals surface area contributed by atoms with Crippen LogP contribution in [0.5, 0.6) is 0 Å². The van der Waals surface area contributed by atoms with Crippen molar-refractivity contribution in [3.8, 4) is 0 Å². The Hall–Kier alpha value is 0.200. The van der Waals surface area contributed by atoms with Crippen LogP contribution in [0.15, 0.2) is 22.1 Å². The molecule has 0 saturated heterocycles. The van der Waals surface area contributed by atoms with E-state index in [2.05, 4.69) is 0 Å². The van der Waals surface area contributed by atoms with Gasteiger partial charge in [0.05, 0.1) is 3.63 Å². The molecule has 0 saturated carbocycles. The third-order valence-electron chi connectivity index (χ3n) is 0.804. The summed E-state index contributed by atoms with van der Waals surface area (Å²) in [5.41, 5.74) is 16.8. The van der Waals surface area contributed by atoms with Gasteiger partial charge in [-0.3, -0.25) is 9.68 Å². The van der Waals surface area contributed by atoms with E-state index >= 15 is 0 Å². The Morgan fingerprint density at radius 2 is 1.92 bits per heavy atom. The van der Waals surface area contributed by atoms with Gasteiger partial charge in [0.15, 0.2) is 0 Å². The van der Waals surface area contributed by atoms with Crippen molar-refractivity contribution in [2.24, 2.45) is 21.1 Å². The first-order valence-corrected chi connectivity index (χ1v) is 7.77. The number of allylic oxidation sites excluding steroid dienone is 1. The zero-order valence-electron chi connectivity index (χ0n) is 6.37. The number of rotatable bonds is 3. The van der Waals surface area contributed by atoms with Gasteiger partial charge in [-0.25, -0.2) is 0 Å². The fraction of sp³-hybridized carbons (Fsp3) is 0. The highest BCUT2D eigenvalue weighted by atomic mass is 127. The predicted molar refractivity (Wildman–Crippen MR) is 73.1 cm³/mol. The van der Waals surface area contributed by atoms with Gasteiger partial charge >= 0.3 is 0 Å². The Bertz CT molecular complexity index is 242. The van der Waals surface area contributed by atoms with E-state index in [-0.39, 0.29) is 41.7 Å². The summed E-state index contributed by atoms with van der Waals surface area (Å²) >= 11 is -0.589. The molecule has 0 bridgehead atoms. The summed E-state index contributed by atoms with van der Waals surface area (Å²) in [5.74, 6) is 0. The molecule has 0 aliphatic carbocycles. The van der Waals surface area contributed by atoms with E-state index in [0.29, 0.717) is 5.70 Å². The zero-order valence-corrected chi connectivity index (χ0v) is 10.7. The van der Waals surface area contributed by atoms with Gasteiger partial charge in [-0.05, 0) is 31.2 Å². The van der Waals surface area contributed by atoms with Gasteiger partial charge < -0.3 is 11.5 Å². The molecule has 0 unspecified atom stereocenters. The van der Waals surface area contributed by atoms with E-state index < -0.39 is 0 Å². The smallest absolute Gasteiger partial charge is 0.0521 e. The summed E-state index contributed by atoms with van der Waals surface area (Å²) in [6, 6.07) is 0. The average Bonchev–Trinajstić information content (AvgIpc) is 2.04. The first-order valence-electron chi connectivity index (χ1n) is 2.95. The van der Waals surface area contributed by atoms with Crippen LogP contribution in [0.1, 0.15) is 0 Å². The van der Waals surface area contributed by atoms with Crippen molar-refractivity contribution >= 4 is 49.4 Å². The molecule has 0 aliphatic rings. The van der Waals surface area contributed by atoms with E-state index in [1.165, 1.54) is 6.20 Å². The maximum atomic E-state index is 5.63. The highest BCUT2D eigenvalue weighted by molar-refractivity contribution is 14.2. The molecule has 0 heterocycles. The fourth-order valence-electron chi connectivity index (χ4n) is 0.317. The van der Waals surface area contributed by atoms with E-state index in [1.54, 1.807) is 6.08 Å². The molecule has 4 nitrogen and oxygen atoms in total. The first kappa shape index (κ1) is 12.2. The highest BCUT2D eigenvalue weighted by Gasteiger charge is 1.79. The molecule has 0 aromatic carbocycles. The molecule has 70 valence electrons. The molecular formula is C6H12I2N4. The SMILES string of the molecule is N/C=C(N)/C=C/I=C(N)C=IN. The summed E-state index contributed by atoms with van der Waals surface area (Å²) in [6.45, 7) is 0. The first-order chi connectivity index (χ1) is 5.70. The highest BCUT2D eigenvalue weighted by Crippen LogP contribution is 2.01. The minimum atomic E-state index is -0.334. The molecular weight excluding hydrogens is 382 g/mol. The molecule has 0 aromatic heterocycles. The number of halogens is 2. The van der Waals surface area contributed by atoms with Crippen LogP contribution in [-0.4, -0.2) is 7.64 Å². The van der Waals surface area contributed by atoms with Gasteiger partial charge in [-0.2, -0.15) is 0 Å². The van der Waals surface area contributed by atoms with Crippen molar-refractivity contribution in [1.29, 1.82) is 0 Å². The van der Waals surface area contributed by atoms with Crippen molar-refractivity contribution in [3.63, 3.8) is 0 Å². The van der Waals surface area contributed by atoms with Crippen molar-refractivity contribution in [2.75, 3.05) is 0 Å². The van der Waals surface area contributed by atoms with Crippen LogP contribution in [0.25, 0.3) is 0 Å². The lowest BCUT2D eigenvalue weighted by Crippen LogP contribution is -2.08. The molecule has 0 spiro atoms. The van der Waals surface area contributed by atoms with Crippen molar-refractivity contribution in [2.45, 2.75) is 0 Å². The van der Waals surface area contributed by atoms with E-state index in [0.717, 1.165) is 3.63 Å². The largest absolute Gasteiger partial charge is 0.403 e. The molecule has 0 fully saturated rings. The van der Waals surface area contributed by atoms with Gasteiger partial charge in [-0.15, -0.1) is 0 Å². The van der Waals surface area contributed by atoms with Crippen LogP contribution in [0.2, 0.25) is 0 Å². The van der Waals surface area contributed by atoms with Gasteiger partial charge in [0.25, 0.3) is 0 Å². The Labute approximate surface area is 91.9 Å². The Morgan fingerprint density at radius 3 is 2.42 bits per heavy atom. The minimum absolute atomic E-state index is 0.255. The summed E-state index contributed by atoms with van der Waals surface area (Å²) < 4.78 is 10.1. The second-order valence-electron chi connectivity index (χ2n) is 1.69. The van der Waals surface area contributed by atoms with Gasteiger partial charge in [0.1, 0.15) is 0 Å². The molecule has 0 aromatic rings. The fourth-order valence-corrected chi connectivity index (χ4v) is 3.63. The van der Waals surface area contributed by atoms with E-state index in [4.69, 9.17) is 21.1 Å². The lowest BCUT2D eigenvalue weighted by atomic mass is 10.5. The van der Waals surface area contributed by atoms with Crippen molar-refractivity contribution < 1.29 is 0 Å². The summed E-state index contributed by atoms with van der Waals surface area (Å²) in [4.78, 5) is 0. The minimum Gasteiger partial charge on any atom is -0.403 e. The number of hydrogen-bond donors (Lipinski definition) is 4. The van der Waals surface area contributed by atoms with Crippen LogP contribution in [0, 0.1) is 0 Å². The molecule has 0 aliphatic heterocycles. The van der Waals surface area contributed by atoms with Gasteiger partial charge in [-0.1, -0.05) is 20.7 Å². The maximum absolute atomic E-state index is 5.63. The average molecular weight is 394 g/mol. The lowest BCUT2D eigenvalue weighted by Gasteiger charge is -1.87. The number of nitrogens with two attached hydrogens (primary N) is 4. The summed E-state index contributed by atoms with van der Waals surface area (Å²) in [7, 11) is 0. The van der Waals surface area contributed by atoms with Crippen LogP contribution < -0.4 is 21.1 Å². The molecule has 0 atom stereocenters. The standard InChI is InChI=1S/C6H12I2N4/c9-4-5(10)1-2-7-6(11)3-8-12/h1-4H,9-12H2/b2-1+,5-4-. The second-order valence-corrected chi connectivity index (χ2v) is 5.62. The molecule has 0 amide bonds. The molecule has 0 rings (SSSR count). The van der Waals surface area contributed by atoms with Gasteiger partial charge in [0, 0.05) is 15.9 Å². The monoisotopic (exact) mass is 394 g/mol. The molecule has 8 N–H and O–H groups in total. The summed E-state index contributed by atoms with van der Waals surface area (Å²) in [6.07, 6.45) is 3.12. The topological polar surface area (TPSA) is 104 Å². The Balaban J connectivity index is 4.12. The number of hydrogen-bond acceptors (Lipinski definition) is 4. The third kappa shape index (κ3) is 6.88. The van der Waals surface area contributed by atoms with Crippen LogP contribution in [0.3, 0.4) is 0 Å². The quantitative estimate of drug-likeness (QED) is 0.307. The van der Waals surface area contributed by atoms with Crippen LogP contribution >= 0.6 is 41.7 Å². The predicted octanol–water partition coefficient (Wildman–Crippen LogP) is -0.0352. The molecule has 0 radical (unpaired) electrons. The van der Waals surface area contributed by atoms with Crippen LogP contribution in [0.4, 0.5) is 0 Å². The van der Waals surface area contributed by atoms with Crippen molar-refractivity contribution in [1.82, 2.24) is 0 Å². The van der Waals surface area contributed by atoms with Gasteiger partial charge in [0.2, 0.25) is 0 Å². The van der Waals surface area contributed by atoms with Crippen molar-refractivity contribution in [3.05, 3.63) is 22.1 Å². The summed E-state index contributed by atoms with van der Waals surface area (Å²) in [5, 5.41) is 0. The normalized spacial score (nSPS) is 16.2. The lowest BCUT2D eigenvalue weighted by molar-refractivity contribution is 1.37. The van der Waals surface area contributed by atoms with E-state index in [1.807, 2.05) is 8.09 Å². The van der Waals surface area contributed by atoms with Crippen LogP contribution in [-0.2, 0) is 0 Å². The zero-order chi connectivity index (χ0) is 9.40. The Kier molecular flexibility index (Phi) is 7.96. The maximum Gasteiger partial charge on any atom is 0.0521 e.